The van der Waals surface area contributed by atoms with Gasteiger partial charge in [-0.25, -0.2) is 0 Å². The van der Waals surface area contributed by atoms with E-state index in [9.17, 15) is 4.79 Å². The lowest BCUT2D eigenvalue weighted by atomic mass is 10.0. The Bertz CT molecular complexity index is 1010. The number of ether oxygens (including phenoxy) is 1. The van der Waals surface area contributed by atoms with Crippen molar-refractivity contribution in [2.24, 2.45) is 0 Å². The number of anilines is 1. The van der Waals surface area contributed by atoms with Gasteiger partial charge in [-0.1, -0.05) is 120 Å². The number of benzene rings is 2. The van der Waals surface area contributed by atoms with Crippen molar-refractivity contribution in [3.8, 4) is 5.75 Å². The summed E-state index contributed by atoms with van der Waals surface area (Å²) in [6, 6.07) is 13.7. The van der Waals surface area contributed by atoms with Crippen LogP contribution in [0.1, 0.15) is 108 Å². The maximum absolute atomic E-state index is 12.6. The molecule has 2 aromatic carbocycles. The van der Waals surface area contributed by atoms with Crippen LogP contribution in [0, 0.1) is 0 Å². The number of carbonyl (C=O) groups excluding carboxylic acids is 1. The zero-order chi connectivity index (χ0) is 28.3. The molecule has 3 rings (SSSR count). The highest BCUT2D eigenvalue weighted by molar-refractivity contribution is 8.02. The predicted molar refractivity (Wildman–Crippen MR) is 173 cm³/mol. The Morgan fingerprint density at radius 3 is 2.05 bits per heavy atom. The van der Waals surface area contributed by atoms with Crippen LogP contribution in [0.2, 0.25) is 5.02 Å². The largest absolute Gasteiger partial charge is 0.492 e. The van der Waals surface area contributed by atoms with Gasteiger partial charge in [-0.15, -0.1) is 11.8 Å². The number of nitrogens with one attached hydrogen (secondary N) is 1. The van der Waals surface area contributed by atoms with E-state index in [2.05, 4.69) is 40.9 Å². The topological polar surface area (TPSA) is 41.6 Å². The highest BCUT2D eigenvalue weighted by Crippen LogP contribution is 2.26. The highest BCUT2D eigenvalue weighted by atomic mass is 35.5. The number of hydrogen-bond acceptors (Lipinski definition) is 4. The van der Waals surface area contributed by atoms with Gasteiger partial charge in [-0.2, -0.15) is 0 Å². The second kappa shape index (κ2) is 19.9. The van der Waals surface area contributed by atoms with E-state index in [1.807, 2.05) is 30.3 Å². The van der Waals surface area contributed by atoms with Crippen molar-refractivity contribution in [3.05, 3.63) is 70.2 Å². The number of unbranched alkanes of at least 4 members (excludes halogenated alkanes) is 13. The predicted octanol–water partition coefficient (Wildman–Crippen LogP) is 10.4. The molecule has 0 saturated carbocycles. The third-order valence-corrected chi connectivity index (χ3v) is 8.45. The van der Waals surface area contributed by atoms with Crippen molar-refractivity contribution in [1.82, 2.24) is 4.90 Å². The molecule has 0 radical (unpaired) electrons. The van der Waals surface area contributed by atoms with Crippen LogP contribution in [0.4, 0.5) is 5.69 Å². The van der Waals surface area contributed by atoms with E-state index in [1.54, 1.807) is 11.8 Å². The molecule has 1 aliphatic rings. The summed E-state index contributed by atoms with van der Waals surface area (Å²) in [6.07, 6.45) is 21.1. The van der Waals surface area contributed by atoms with Crippen LogP contribution in [-0.2, 0) is 17.8 Å². The molecule has 6 heteroatoms. The van der Waals surface area contributed by atoms with Crippen molar-refractivity contribution in [3.63, 3.8) is 0 Å². The van der Waals surface area contributed by atoms with Gasteiger partial charge in [0, 0.05) is 18.4 Å². The molecule has 0 saturated heterocycles. The Kier molecular flexibility index (Phi) is 16.1. The molecule has 1 amide bonds. The molecule has 1 heterocycles. The average Bonchev–Trinajstić information content (AvgIpc) is 3.46. The lowest BCUT2D eigenvalue weighted by Gasteiger charge is -2.15. The van der Waals surface area contributed by atoms with E-state index in [0.717, 1.165) is 30.1 Å². The fourth-order valence-corrected chi connectivity index (χ4v) is 5.86. The second-order valence-electron chi connectivity index (χ2n) is 11.0. The summed E-state index contributed by atoms with van der Waals surface area (Å²) < 4.78 is 5.98. The van der Waals surface area contributed by atoms with Gasteiger partial charge in [0.05, 0.1) is 23.9 Å². The summed E-state index contributed by atoms with van der Waals surface area (Å²) in [5.74, 6) is 1.61. The average molecular weight is 585 g/mol. The summed E-state index contributed by atoms with van der Waals surface area (Å²) >= 11 is 8.17. The van der Waals surface area contributed by atoms with Crippen LogP contribution < -0.4 is 10.1 Å². The molecule has 220 valence electrons. The van der Waals surface area contributed by atoms with E-state index < -0.39 is 0 Å². The van der Waals surface area contributed by atoms with Gasteiger partial charge in [0.25, 0.3) is 0 Å². The molecule has 0 bridgehead atoms. The van der Waals surface area contributed by atoms with E-state index in [4.69, 9.17) is 16.3 Å². The van der Waals surface area contributed by atoms with Gasteiger partial charge in [0.1, 0.15) is 5.75 Å². The van der Waals surface area contributed by atoms with Gasteiger partial charge in [0.2, 0.25) is 5.91 Å². The first kappa shape index (κ1) is 32.4. The third-order valence-electron chi connectivity index (χ3n) is 7.35. The van der Waals surface area contributed by atoms with Crippen molar-refractivity contribution in [1.29, 1.82) is 0 Å². The van der Waals surface area contributed by atoms with Crippen LogP contribution in [0.15, 0.2) is 54.1 Å². The Morgan fingerprint density at radius 1 is 0.850 bits per heavy atom. The van der Waals surface area contributed by atoms with E-state index in [1.165, 1.54) is 89.0 Å². The Morgan fingerprint density at radius 2 is 1.45 bits per heavy atom. The second-order valence-corrected chi connectivity index (χ2v) is 12.2. The Balaban J connectivity index is 1.24. The Hall–Kier alpha value is -2.11. The fourth-order valence-electron chi connectivity index (χ4n) is 4.97. The number of carbonyl (C=O) groups is 1. The third kappa shape index (κ3) is 13.5. The number of halogens is 1. The molecule has 2 aromatic rings. The monoisotopic (exact) mass is 584 g/mol. The first-order valence-electron chi connectivity index (χ1n) is 15.5. The first-order chi connectivity index (χ1) is 19.6. The van der Waals surface area contributed by atoms with Crippen molar-refractivity contribution >= 4 is 35.0 Å². The maximum Gasteiger partial charge on any atom is 0.228 e. The maximum atomic E-state index is 12.6. The molecule has 1 N–H and O–H groups in total. The summed E-state index contributed by atoms with van der Waals surface area (Å²) in [5.41, 5.74) is 2.93. The smallest absolute Gasteiger partial charge is 0.228 e. The highest BCUT2D eigenvalue weighted by Gasteiger charge is 2.10. The van der Waals surface area contributed by atoms with Crippen LogP contribution in [-0.4, -0.2) is 23.3 Å². The zero-order valence-corrected chi connectivity index (χ0v) is 26.0. The quantitative estimate of drug-likeness (QED) is 0.148. The number of thioether (sulfide) groups is 1. The molecule has 4 nitrogen and oxygen atoms in total. The molecular weight excluding hydrogens is 536 g/mol. The van der Waals surface area contributed by atoms with Crippen LogP contribution in [0.3, 0.4) is 0 Å². The standard InChI is InChI=1S/C34H49ClN2O2S/c1-2-3-4-5-6-7-8-9-10-11-12-13-14-15-23-39-33-25-30(18-21-32(33)35)26-34(38)36-31-19-16-29(17-20-31)27-37-22-24-40-28-37/h16-22,24-25H,2-15,23,26-28H2,1H3,(H,36,38). The fraction of sp³-hybridized carbons (Fsp3) is 0.559. The van der Waals surface area contributed by atoms with Crippen molar-refractivity contribution < 1.29 is 9.53 Å². The molecule has 0 fully saturated rings. The number of amides is 1. The molecule has 0 unspecified atom stereocenters. The lowest BCUT2D eigenvalue weighted by molar-refractivity contribution is -0.115. The van der Waals surface area contributed by atoms with Crippen LogP contribution in [0.5, 0.6) is 5.75 Å². The molecule has 0 aromatic heterocycles. The Labute approximate surface area is 252 Å². The molecular formula is C34H49ClN2O2S. The molecule has 0 atom stereocenters. The van der Waals surface area contributed by atoms with Gasteiger partial charge < -0.3 is 15.0 Å². The first-order valence-corrected chi connectivity index (χ1v) is 16.9. The molecule has 1 aliphatic heterocycles. The van der Waals surface area contributed by atoms with Gasteiger partial charge in [0.15, 0.2) is 0 Å². The van der Waals surface area contributed by atoms with Gasteiger partial charge in [-0.05, 0) is 47.2 Å². The van der Waals surface area contributed by atoms with Crippen LogP contribution in [0.25, 0.3) is 0 Å². The normalized spacial score (nSPS) is 12.7. The number of rotatable bonds is 21. The SMILES string of the molecule is CCCCCCCCCCCCCCCCOc1cc(CC(=O)Nc2ccc(CN3C=CSC3)cc2)ccc1Cl. The van der Waals surface area contributed by atoms with E-state index in [0.29, 0.717) is 17.4 Å². The number of hydrogen-bond donors (Lipinski definition) is 1. The zero-order valence-electron chi connectivity index (χ0n) is 24.5. The molecule has 0 aliphatic carbocycles. The minimum Gasteiger partial charge on any atom is -0.492 e. The minimum atomic E-state index is -0.0492. The minimum absolute atomic E-state index is 0.0492. The van der Waals surface area contributed by atoms with E-state index in [-0.39, 0.29) is 12.3 Å². The molecule has 0 spiro atoms. The van der Waals surface area contributed by atoms with Crippen molar-refractivity contribution in [2.75, 3.05) is 17.8 Å². The van der Waals surface area contributed by atoms with Crippen molar-refractivity contribution in [2.45, 2.75) is 110 Å². The molecule has 40 heavy (non-hydrogen) atoms. The lowest BCUT2D eigenvalue weighted by Crippen LogP contribution is -2.15. The summed E-state index contributed by atoms with van der Waals surface area (Å²) in [6.45, 7) is 3.82. The summed E-state index contributed by atoms with van der Waals surface area (Å²) in [7, 11) is 0. The summed E-state index contributed by atoms with van der Waals surface area (Å²) in [4.78, 5) is 14.9. The number of nitrogens with zero attached hydrogens (tertiary/aromatic N) is 1. The van der Waals surface area contributed by atoms with Crippen LogP contribution >= 0.6 is 23.4 Å². The van der Waals surface area contributed by atoms with Gasteiger partial charge in [-0.3, -0.25) is 4.79 Å². The summed E-state index contributed by atoms with van der Waals surface area (Å²) in [5, 5.41) is 5.71. The van der Waals surface area contributed by atoms with E-state index >= 15 is 0 Å². The van der Waals surface area contributed by atoms with Gasteiger partial charge >= 0.3 is 0 Å².